The fraction of sp³-hybridized carbons (Fsp3) is 0.130. The minimum atomic E-state index is 0.927. The molecule has 0 bridgehead atoms. The fourth-order valence-electron chi connectivity index (χ4n) is 4.08. The van der Waals surface area contributed by atoms with E-state index in [1.807, 2.05) is 0 Å². The van der Waals surface area contributed by atoms with Crippen molar-refractivity contribution in [3.8, 4) is 11.1 Å². The van der Waals surface area contributed by atoms with E-state index in [0.29, 0.717) is 0 Å². The monoisotopic (exact) mass is 309 g/mol. The number of fused-ring (bicyclic) bond motifs is 4. The normalized spacial score (nSPS) is 14.7. The predicted octanol–water partition coefficient (Wildman–Crippen LogP) is 5.96. The Morgan fingerprint density at radius 2 is 1.42 bits per heavy atom. The molecule has 0 spiro atoms. The molecule has 0 N–H and O–H groups in total. The lowest BCUT2D eigenvalue weighted by molar-refractivity contribution is 0.958. The highest BCUT2D eigenvalue weighted by atomic mass is 15.1. The summed E-state index contributed by atoms with van der Waals surface area (Å²) in [4.78, 5) is 2.48. The number of para-hydroxylation sites is 1. The minimum absolute atomic E-state index is 0.927. The van der Waals surface area contributed by atoms with Crippen molar-refractivity contribution < 1.29 is 0 Å². The first-order chi connectivity index (χ1) is 11.8. The Hall–Kier alpha value is -2.80. The Labute approximate surface area is 142 Å². The van der Waals surface area contributed by atoms with Gasteiger partial charge >= 0.3 is 0 Å². The SMILES string of the molecule is CC1=Cc2c(cccc2N2Cc3ccccc3-c3ccccc32)C1. The molecule has 2 aliphatic rings. The van der Waals surface area contributed by atoms with Gasteiger partial charge in [0.15, 0.2) is 0 Å². The Morgan fingerprint density at radius 1 is 0.708 bits per heavy atom. The van der Waals surface area contributed by atoms with Crippen molar-refractivity contribution in [2.45, 2.75) is 19.9 Å². The molecule has 5 rings (SSSR count). The molecule has 3 aromatic rings. The number of anilines is 2. The number of rotatable bonds is 1. The van der Waals surface area contributed by atoms with Crippen LogP contribution < -0.4 is 4.90 Å². The third-order valence-corrected chi connectivity index (χ3v) is 5.16. The summed E-state index contributed by atoms with van der Waals surface area (Å²) in [5, 5.41) is 0. The molecule has 0 unspecified atom stereocenters. The van der Waals surface area contributed by atoms with Gasteiger partial charge in [0.2, 0.25) is 0 Å². The molecular weight excluding hydrogens is 290 g/mol. The second-order valence-electron chi connectivity index (χ2n) is 6.78. The van der Waals surface area contributed by atoms with Crippen LogP contribution in [0.1, 0.15) is 23.6 Å². The summed E-state index contributed by atoms with van der Waals surface area (Å²) in [6.07, 6.45) is 3.43. The van der Waals surface area contributed by atoms with Crippen LogP contribution in [0.2, 0.25) is 0 Å². The summed E-state index contributed by atoms with van der Waals surface area (Å²) in [5.41, 5.74) is 11.0. The highest BCUT2D eigenvalue weighted by Crippen LogP contribution is 2.45. The Bertz CT molecular complexity index is 981. The third-order valence-electron chi connectivity index (χ3n) is 5.16. The highest BCUT2D eigenvalue weighted by Gasteiger charge is 2.25. The van der Waals surface area contributed by atoms with E-state index < -0.39 is 0 Å². The fourth-order valence-corrected chi connectivity index (χ4v) is 4.08. The first kappa shape index (κ1) is 13.6. The van der Waals surface area contributed by atoms with E-state index in [4.69, 9.17) is 0 Å². The molecule has 0 saturated carbocycles. The number of hydrogen-bond acceptors (Lipinski definition) is 1. The summed E-state index contributed by atoms with van der Waals surface area (Å²) < 4.78 is 0. The highest BCUT2D eigenvalue weighted by molar-refractivity contribution is 5.90. The van der Waals surface area contributed by atoms with Crippen LogP contribution in [0.4, 0.5) is 11.4 Å². The number of allylic oxidation sites excluding steroid dienone is 1. The summed E-state index contributed by atoms with van der Waals surface area (Å²) in [7, 11) is 0. The van der Waals surface area contributed by atoms with E-state index in [0.717, 1.165) is 13.0 Å². The summed E-state index contributed by atoms with van der Waals surface area (Å²) in [5.74, 6) is 0. The van der Waals surface area contributed by atoms with E-state index >= 15 is 0 Å². The molecule has 0 atom stereocenters. The van der Waals surface area contributed by atoms with Gasteiger partial charge in [-0.2, -0.15) is 0 Å². The van der Waals surface area contributed by atoms with Crippen LogP contribution in [0, 0.1) is 0 Å². The standard InChI is InChI=1S/C23H19N/c1-16-13-17-8-6-12-23(21(17)14-16)24-15-18-7-2-3-9-19(18)20-10-4-5-11-22(20)24/h2-12,14H,13,15H2,1H3. The lowest BCUT2D eigenvalue weighted by Crippen LogP contribution is -2.22. The van der Waals surface area contributed by atoms with Crippen LogP contribution in [0.25, 0.3) is 17.2 Å². The first-order valence-corrected chi connectivity index (χ1v) is 8.55. The second kappa shape index (κ2) is 5.10. The number of benzene rings is 3. The zero-order valence-corrected chi connectivity index (χ0v) is 13.8. The van der Waals surface area contributed by atoms with Crippen molar-refractivity contribution in [3.05, 3.63) is 89.0 Å². The zero-order valence-electron chi connectivity index (χ0n) is 13.8. The number of hydrogen-bond donors (Lipinski definition) is 0. The van der Waals surface area contributed by atoms with Crippen LogP contribution in [-0.4, -0.2) is 0 Å². The van der Waals surface area contributed by atoms with Crippen molar-refractivity contribution >= 4 is 17.5 Å². The van der Waals surface area contributed by atoms with E-state index in [9.17, 15) is 0 Å². The summed E-state index contributed by atoms with van der Waals surface area (Å²) >= 11 is 0. The molecule has 0 amide bonds. The molecule has 1 nitrogen and oxygen atoms in total. The van der Waals surface area contributed by atoms with Gasteiger partial charge in [0, 0.05) is 29.0 Å². The third kappa shape index (κ3) is 1.94. The molecule has 24 heavy (non-hydrogen) atoms. The van der Waals surface area contributed by atoms with Crippen LogP contribution in [0.15, 0.2) is 72.3 Å². The molecule has 116 valence electrons. The molecule has 0 radical (unpaired) electrons. The predicted molar refractivity (Wildman–Crippen MR) is 102 cm³/mol. The van der Waals surface area contributed by atoms with Gasteiger partial charge in [-0.25, -0.2) is 0 Å². The largest absolute Gasteiger partial charge is 0.336 e. The van der Waals surface area contributed by atoms with Gasteiger partial charge in [-0.15, -0.1) is 0 Å². The molecule has 1 heteroatoms. The van der Waals surface area contributed by atoms with E-state index in [-0.39, 0.29) is 0 Å². The zero-order chi connectivity index (χ0) is 16.1. The quantitative estimate of drug-likeness (QED) is 0.535. The minimum Gasteiger partial charge on any atom is -0.336 e. The Morgan fingerprint density at radius 3 is 2.33 bits per heavy atom. The molecular formula is C23H19N. The molecule has 0 saturated heterocycles. The Balaban J connectivity index is 1.74. The maximum absolute atomic E-state index is 2.48. The first-order valence-electron chi connectivity index (χ1n) is 8.55. The van der Waals surface area contributed by atoms with Crippen LogP contribution in [-0.2, 0) is 13.0 Å². The van der Waals surface area contributed by atoms with Gasteiger partial charge in [0.25, 0.3) is 0 Å². The molecule has 1 aliphatic heterocycles. The van der Waals surface area contributed by atoms with Gasteiger partial charge in [-0.1, -0.05) is 66.2 Å². The van der Waals surface area contributed by atoms with Crippen molar-refractivity contribution in [3.63, 3.8) is 0 Å². The summed E-state index contributed by atoms with van der Waals surface area (Å²) in [6.45, 7) is 3.15. The van der Waals surface area contributed by atoms with Crippen LogP contribution >= 0.6 is 0 Å². The van der Waals surface area contributed by atoms with E-state index in [2.05, 4.69) is 84.6 Å². The average molecular weight is 309 g/mol. The van der Waals surface area contributed by atoms with Gasteiger partial charge in [-0.3, -0.25) is 0 Å². The van der Waals surface area contributed by atoms with Gasteiger partial charge in [-0.05, 0) is 42.2 Å². The molecule has 1 heterocycles. The summed E-state index contributed by atoms with van der Waals surface area (Å²) in [6, 6.07) is 24.3. The molecule has 3 aromatic carbocycles. The second-order valence-corrected chi connectivity index (χ2v) is 6.78. The lowest BCUT2D eigenvalue weighted by Gasteiger charge is -2.34. The van der Waals surface area contributed by atoms with Crippen molar-refractivity contribution in [2.75, 3.05) is 4.90 Å². The molecule has 1 aliphatic carbocycles. The van der Waals surface area contributed by atoms with E-state index in [1.54, 1.807) is 0 Å². The van der Waals surface area contributed by atoms with Crippen molar-refractivity contribution in [1.29, 1.82) is 0 Å². The number of nitrogens with zero attached hydrogens (tertiary/aromatic N) is 1. The van der Waals surface area contributed by atoms with Gasteiger partial charge < -0.3 is 4.90 Å². The maximum atomic E-state index is 2.48. The maximum Gasteiger partial charge on any atom is 0.0493 e. The molecule has 0 fully saturated rings. The van der Waals surface area contributed by atoms with Crippen molar-refractivity contribution in [1.82, 2.24) is 0 Å². The van der Waals surface area contributed by atoms with Crippen molar-refractivity contribution in [2.24, 2.45) is 0 Å². The molecule has 0 aromatic heterocycles. The van der Waals surface area contributed by atoms with Gasteiger partial charge in [0.1, 0.15) is 0 Å². The topological polar surface area (TPSA) is 3.24 Å². The lowest BCUT2D eigenvalue weighted by atomic mass is 9.92. The van der Waals surface area contributed by atoms with Crippen LogP contribution in [0.5, 0.6) is 0 Å². The average Bonchev–Trinajstić information content (AvgIpc) is 3.01. The van der Waals surface area contributed by atoms with Gasteiger partial charge in [0.05, 0.1) is 0 Å². The Kier molecular flexibility index (Phi) is 2.90. The van der Waals surface area contributed by atoms with Crippen LogP contribution in [0.3, 0.4) is 0 Å². The van der Waals surface area contributed by atoms with E-state index in [1.165, 1.54) is 44.8 Å². The smallest absolute Gasteiger partial charge is 0.0493 e.